The molecule has 1 amide bonds. The van der Waals surface area contributed by atoms with Crippen LogP contribution in [0.3, 0.4) is 0 Å². The molecule has 7 nitrogen and oxygen atoms in total. The number of nitrogens with zero attached hydrogens (tertiary/aromatic N) is 3. The number of carbonyl (C=O) groups is 2. The van der Waals surface area contributed by atoms with Crippen molar-refractivity contribution in [2.24, 2.45) is 5.92 Å². The largest absolute Gasteiger partial charge is 0.466 e. The number of para-hydroxylation sites is 1. The molecule has 0 spiro atoms. The summed E-state index contributed by atoms with van der Waals surface area (Å²) in [5.41, 5.74) is 0.551. The normalized spacial score (nSPS) is 16.0. The van der Waals surface area contributed by atoms with E-state index in [0.29, 0.717) is 55.1 Å². The second-order valence-corrected chi connectivity index (χ2v) is 8.38. The molecular formula is C21H27N3O4S. The van der Waals surface area contributed by atoms with Gasteiger partial charge >= 0.3 is 5.97 Å². The Morgan fingerprint density at radius 3 is 2.59 bits per heavy atom. The molecular weight excluding hydrogens is 390 g/mol. The van der Waals surface area contributed by atoms with Crippen molar-refractivity contribution in [3.8, 4) is 0 Å². The van der Waals surface area contributed by atoms with E-state index in [1.807, 2.05) is 32.0 Å². The highest BCUT2D eigenvalue weighted by molar-refractivity contribution is 8.00. The molecule has 2 aromatic rings. The summed E-state index contributed by atoms with van der Waals surface area (Å²) in [6.07, 6.45) is 1.24. The lowest BCUT2D eigenvalue weighted by Gasteiger charge is -2.32. The molecule has 29 heavy (non-hydrogen) atoms. The number of rotatable bonds is 6. The Hall–Kier alpha value is -2.35. The van der Waals surface area contributed by atoms with Crippen LogP contribution in [0.2, 0.25) is 0 Å². The van der Waals surface area contributed by atoms with Crippen molar-refractivity contribution in [2.45, 2.75) is 50.6 Å². The number of esters is 1. The quantitative estimate of drug-likeness (QED) is 0.408. The van der Waals surface area contributed by atoms with Gasteiger partial charge in [-0.25, -0.2) is 4.98 Å². The van der Waals surface area contributed by atoms with Gasteiger partial charge in [0, 0.05) is 19.6 Å². The van der Waals surface area contributed by atoms with Crippen LogP contribution < -0.4 is 5.56 Å². The zero-order valence-corrected chi connectivity index (χ0v) is 17.9. The van der Waals surface area contributed by atoms with Gasteiger partial charge < -0.3 is 9.64 Å². The predicted molar refractivity (Wildman–Crippen MR) is 113 cm³/mol. The van der Waals surface area contributed by atoms with Crippen LogP contribution in [0.15, 0.2) is 34.2 Å². The summed E-state index contributed by atoms with van der Waals surface area (Å²) in [4.78, 5) is 44.0. The highest BCUT2D eigenvalue weighted by Gasteiger charge is 2.31. The Morgan fingerprint density at radius 1 is 1.24 bits per heavy atom. The highest BCUT2D eigenvalue weighted by atomic mass is 32.2. The van der Waals surface area contributed by atoms with Crippen molar-refractivity contribution < 1.29 is 14.3 Å². The zero-order valence-electron chi connectivity index (χ0n) is 17.1. The Bertz CT molecular complexity index is 951. The molecule has 1 aliphatic heterocycles. The van der Waals surface area contributed by atoms with Gasteiger partial charge in [0.1, 0.15) is 0 Å². The Morgan fingerprint density at radius 2 is 1.93 bits per heavy atom. The fraction of sp³-hybridized carbons (Fsp3) is 0.524. The van der Waals surface area contributed by atoms with E-state index in [4.69, 9.17) is 4.74 Å². The molecule has 1 aromatic carbocycles. The van der Waals surface area contributed by atoms with Gasteiger partial charge in [-0.2, -0.15) is 0 Å². The van der Waals surface area contributed by atoms with Crippen molar-refractivity contribution in [3.05, 3.63) is 34.6 Å². The topological polar surface area (TPSA) is 81.5 Å². The van der Waals surface area contributed by atoms with Crippen LogP contribution in [0.25, 0.3) is 10.9 Å². The van der Waals surface area contributed by atoms with Crippen LogP contribution in [-0.4, -0.2) is 51.3 Å². The minimum atomic E-state index is -0.375. The van der Waals surface area contributed by atoms with Crippen molar-refractivity contribution >= 4 is 34.5 Å². The van der Waals surface area contributed by atoms with Crippen LogP contribution in [0, 0.1) is 5.92 Å². The fourth-order valence-electron chi connectivity index (χ4n) is 3.58. The van der Waals surface area contributed by atoms with Gasteiger partial charge in [-0.15, -0.1) is 0 Å². The van der Waals surface area contributed by atoms with Gasteiger partial charge in [-0.1, -0.05) is 23.9 Å². The summed E-state index contributed by atoms with van der Waals surface area (Å²) in [6, 6.07) is 7.26. The summed E-state index contributed by atoms with van der Waals surface area (Å²) in [7, 11) is 0. The van der Waals surface area contributed by atoms with E-state index >= 15 is 0 Å². The van der Waals surface area contributed by atoms with Crippen LogP contribution in [-0.2, 0) is 20.9 Å². The lowest BCUT2D eigenvalue weighted by atomic mass is 9.97. The third kappa shape index (κ3) is 4.63. The molecule has 0 unspecified atom stereocenters. The first-order valence-electron chi connectivity index (χ1n) is 10.1. The predicted octanol–water partition coefficient (Wildman–Crippen LogP) is 2.70. The summed E-state index contributed by atoms with van der Waals surface area (Å²) in [5.74, 6) is -0.300. The average molecular weight is 418 g/mol. The third-order valence-corrected chi connectivity index (χ3v) is 6.28. The van der Waals surface area contributed by atoms with Gasteiger partial charge in [0.25, 0.3) is 5.56 Å². The number of hydrogen-bond donors (Lipinski definition) is 0. The van der Waals surface area contributed by atoms with E-state index in [-0.39, 0.29) is 28.6 Å². The molecule has 156 valence electrons. The van der Waals surface area contributed by atoms with Gasteiger partial charge in [-0.05, 0) is 45.7 Å². The van der Waals surface area contributed by atoms with E-state index in [0.717, 1.165) is 0 Å². The Labute approximate surface area is 174 Å². The summed E-state index contributed by atoms with van der Waals surface area (Å²) in [6.45, 7) is 7.48. The smallest absolute Gasteiger partial charge is 0.309 e. The molecule has 0 saturated carbocycles. The molecule has 2 heterocycles. The maximum Gasteiger partial charge on any atom is 0.309 e. The fourth-order valence-corrected chi connectivity index (χ4v) is 4.63. The minimum absolute atomic E-state index is 0.00219. The number of fused-ring (bicyclic) bond motifs is 1. The molecule has 1 aliphatic rings. The summed E-state index contributed by atoms with van der Waals surface area (Å²) >= 11 is 1.31. The van der Waals surface area contributed by atoms with Gasteiger partial charge in [0.2, 0.25) is 5.91 Å². The number of ether oxygens (including phenoxy) is 1. The molecule has 1 saturated heterocycles. The number of aromatic nitrogens is 2. The molecule has 3 rings (SSSR count). The van der Waals surface area contributed by atoms with E-state index in [1.54, 1.807) is 22.5 Å². The van der Waals surface area contributed by atoms with Gasteiger partial charge in [-0.3, -0.25) is 19.0 Å². The standard InChI is InChI=1S/C21H27N3O4S/c1-4-24-19(26)16-8-6-7-9-17(16)22-21(24)29-14(3)18(25)23-12-10-15(11-13-23)20(27)28-5-2/h6-9,14-15H,4-5,10-13H2,1-3H3/t14-/m0/s1. The van der Waals surface area contributed by atoms with Crippen LogP contribution in [0.5, 0.6) is 0 Å². The van der Waals surface area contributed by atoms with E-state index in [9.17, 15) is 14.4 Å². The maximum absolute atomic E-state index is 12.9. The second kappa shape index (κ2) is 9.43. The first kappa shape index (κ1) is 21.4. The van der Waals surface area contributed by atoms with Crippen LogP contribution in [0.4, 0.5) is 0 Å². The second-order valence-electron chi connectivity index (χ2n) is 7.07. The van der Waals surface area contributed by atoms with Crippen molar-refractivity contribution in [2.75, 3.05) is 19.7 Å². The SMILES string of the molecule is CCOC(=O)C1CCN(C(=O)[C@H](C)Sc2nc3ccccc3c(=O)n2CC)CC1. The number of benzene rings is 1. The number of thioether (sulfide) groups is 1. The molecule has 0 aliphatic carbocycles. The number of hydrogen-bond acceptors (Lipinski definition) is 6. The molecule has 1 fully saturated rings. The average Bonchev–Trinajstić information content (AvgIpc) is 2.74. The van der Waals surface area contributed by atoms with Crippen molar-refractivity contribution in [1.29, 1.82) is 0 Å². The molecule has 8 heteroatoms. The first-order chi connectivity index (χ1) is 14.0. The molecule has 0 bridgehead atoms. The van der Waals surface area contributed by atoms with E-state index < -0.39 is 0 Å². The number of likely N-dealkylation sites (tertiary alicyclic amines) is 1. The van der Waals surface area contributed by atoms with Crippen LogP contribution in [0.1, 0.15) is 33.6 Å². The van der Waals surface area contributed by atoms with E-state index in [1.165, 1.54) is 11.8 Å². The monoisotopic (exact) mass is 417 g/mol. The summed E-state index contributed by atoms with van der Waals surface area (Å²) in [5, 5.41) is 0.761. The highest BCUT2D eigenvalue weighted by Crippen LogP contribution is 2.26. The van der Waals surface area contributed by atoms with Crippen molar-refractivity contribution in [1.82, 2.24) is 14.5 Å². The molecule has 1 atom stereocenters. The number of carbonyl (C=O) groups excluding carboxylic acids is 2. The molecule has 0 radical (unpaired) electrons. The molecule has 0 N–H and O–H groups in total. The first-order valence-corrected chi connectivity index (χ1v) is 11.0. The third-order valence-electron chi connectivity index (χ3n) is 5.20. The van der Waals surface area contributed by atoms with E-state index in [2.05, 4.69) is 4.98 Å². The lowest BCUT2D eigenvalue weighted by Crippen LogP contribution is -2.43. The zero-order chi connectivity index (χ0) is 21.0. The number of amides is 1. The number of piperidine rings is 1. The Balaban J connectivity index is 1.70. The van der Waals surface area contributed by atoms with Crippen molar-refractivity contribution in [3.63, 3.8) is 0 Å². The Kier molecular flexibility index (Phi) is 6.95. The lowest BCUT2D eigenvalue weighted by molar-refractivity contribution is -0.151. The molecule has 1 aromatic heterocycles. The summed E-state index contributed by atoms with van der Waals surface area (Å²) < 4.78 is 6.70. The van der Waals surface area contributed by atoms with Crippen LogP contribution >= 0.6 is 11.8 Å². The maximum atomic E-state index is 12.9. The van der Waals surface area contributed by atoms with Gasteiger partial charge in [0.15, 0.2) is 5.16 Å². The van der Waals surface area contributed by atoms with Gasteiger partial charge in [0.05, 0.1) is 28.7 Å². The minimum Gasteiger partial charge on any atom is -0.466 e.